The Morgan fingerprint density at radius 3 is 2.93 bits per heavy atom. The average molecular weight is 644 g/mol. The number of aromatic amines is 1. The summed E-state index contributed by atoms with van der Waals surface area (Å²) in [6.45, 7) is -4.85. The molecule has 0 spiro atoms. The van der Waals surface area contributed by atoms with Crippen LogP contribution < -0.4 is 17.0 Å². The molecular weight excluding hydrogens is 621 g/mol. The minimum Gasteiger partial charge on any atom is -0.395 e. The number of nitrogen functional groups attached to an aromatic ring is 2. The van der Waals surface area contributed by atoms with E-state index in [-0.39, 0.29) is 41.2 Å². The molecule has 4 aromatic heterocycles. The normalized spacial score (nSPS) is 32.3. The molecule has 8 atom stereocenters. The highest BCUT2D eigenvalue weighted by Gasteiger charge is 2.65. The number of anilines is 2. The number of thioether (sulfide) groups is 1. The molecule has 0 aromatic carbocycles. The number of imidazole rings is 1. The Hall–Kier alpha value is -2.89. The number of aromatic nitrogens is 9. The lowest BCUT2D eigenvalue weighted by Crippen LogP contribution is -2.43. The van der Waals surface area contributed by atoms with Gasteiger partial charge in [0.2, 0.25) is 5.95 Å². The van der Waals surface area contributed by atoms with Crippen LogP contribution in [0.5, 0.6) is 0 Å². The number of nitrogens with two attached hydrogens (primary N) is 2. The smallest absolute Gasteiger partial charge is 0.325 e. The fourth-order valence-corrected chi connectivity index (χ4v) is 7.91. The summed E-state index contributed by atoms with van der Waals surface area (Å²) >= 11 is 6.54. The molecule has 0 aliphatic carbocycles. The molecule has 0 amide bonds. The van der Waals surface area contributed by atoms with Crippen LogP contribution in [0.25, 0.3) is 22.3 Å². The lowest BCUT2D eigenvalue weighted by Gasteiger charge is -2.31. The molecule has 224 valence electrons. The zero-order valence-electron chi connectivity index (χ0n) is 21.0. The maximum absolute atomic E-state index is 12.2. The van der Waals surface area contributed by atoms with Gasteiger partial charge in [0.25, 0.3) is 11.3 Å². The molecule has 3 aliphatic heterocycles. The van der Waals surface area contributed by atoms with Gasteiger partial charge in [0, 0.05) is 5.25 Å². The third-order valence-electron chi connectivity index (χ3n) is 6.96. The molecule has 4 aromatic rings. The van der Waals surface area contributed by atoms with Gasteiger partial charge in [0.1, 0.15) is 36.0 Å². The number of H-pyrrole nitrogens is 1. The summed E-state index contributed by atoms with van der Waals surface area (Å²) in [6.07, 6.45) is -1.27. The van der Waals surface area contributed by atoms with Crippen molar-refractivity contribution in [2.75, 3.05) is 24.7 Å². The van der Waals surface area contributed by atoms with Crippen molar-refractivity contribution >= 4 is 64.4 Å². The molecule has 20 nitrogen and oxygen atoms in total. The first-order valence-electron chi connectivity index (χ1n) is 12.3. The molecule has 42 heavy (non-hydrogen) atoms. The molecule has 23 heteroatoms. The number of aliphatic hydroxyl groups excluding tert-OH is 2. The van der Waals surface area contributed by atoms with Crippen LogP contribution in [0.3, 0.4) is 0 Å². The number of hydrogen-bond acceptors (Lipinski definition) is 18. The Balaban J connectivity index is 1.09. The van der Waals surface area contributed by atoms with Crippen LogP contribution in [-0.4, -0.2) is 102 Å². The van der Waals surface area contributed by atoms with Crippen molar-refractivity contribution < 1.29 is 38.7 Å². The number of rotatable bonds is 8. The van der Waals surface area contributed by atoms with Crippen molar-refractivity contribution in [3.8, 4) is 0 Å². The summed E-state index contributed by atoms with van der Waals surface area (Å²) in [5.74, 6) is -1.86. The SMILES string of the molecule is Nc1nc2c(nnn2[C@@H]2S[C@H](CO)C[C@H]2OP(O)(=S)OC[C@@]23OO[C@@H]([C@H](n4cnc5c(N)ncnc54)O2)[C@@H]3O)c(=O)[nH]1. The van der Waals surface area contributed by atoms with Crippen molar-refractivity contribution in [1.29, 1.82) is 0 Å². The first-order chi connectivity index (χ1) is 20.1. The zero-order chi connectivity index (χ0) is 29.4. The van der Waals surface area contributed by atoms with Crippen LogP contribution in [0, 0.1) is 0 Å². The van der Waals surface area contributed by atoms with Crippen LogP contribution >= 0.6 is 18.5 Å². The summed E-state index contributed by atoms with van der Waals surface area (Å²) in [6, 6.07) is 0. The molecule has 3 aliphatic rings. The average Bonchev–Trinajstić information content (AvgIpc) is 3.76. The fraction of sp³-hybridized carbons (Fsp3) is 0.526. The van der Waals surface area contributed by atoms with Crippen LogP contribution in [0.15, 0.2) is 17.4 Å². The molecule has 0 radical (unpaired) electrons. The third-order valence-corrected chi connectivity index (χ3v) is 10.0. The minimum atomic E-state index is -4.06. The van der Waals surface area contributed by atoms with E-state index in [0.717, 1.165) is 0 Å². The molecule has 8 N–H and O–H groups in total. The lowest BCUT2D eigenvalue weighted by molar-refractivity contribution is -0.452. The van der Waals surface area contributed by atoms with Gasteiger partial charge in [-0.1, -0.05) is 5.21 Å². The van der Waals surface area contributed by atoms with Gasteiger partial charge in [0.05, 0.1) is 12.9 Å². The highest BCUT2D eigenvalue weighted by Crippen LogP contribution is 2.55. The maximum Gasteiger partial charge on any atom is 0.325 e. The third kappa shape index (κ3) is 4.46. The van der Waals surface area contributed by atoms with E-state index in [1.807, 2.05) is 0 Å². The van der Waals surface area contributed by atoms with Gasteiger partial charge in [-0.2, -0.15) is 9.87 Å². The Labute approximate surface area is 242 Å². The van der Waals surface area contributed by atoms with E-state index in [2.05, 4.69) is 35.2 Å². The molecule has 2 bridgehead atoms. The van der Waals surface area contributed by atoms with Crippen molar-refractivity contribution in [1.82, 2.24) is 44.5 Å². The van der Waals surface area contributed by atoms with Gasteiger partial charge in [-0.25, -0.2) is 24.5 Å². The quantitative estimate of drug-likeness (QED) is 0.0898. The summed E-state index contributed by atoms with van der Waals surface area (Å²) in [5, 5.41) is 27.6. The number of aliphatic hydroxyl groups is 2. The number of fused-ring (bicyclic) bond motifs is 4. The Bertz CT molecular complexity index is 1790. The van der Waals surface area contributed by atoms with Gasteiger partial charge in [0.15, 0.2) is 35.0 Å². The molecule has 0 saturated carbocycles. The Morgan fingerprint density at radius 1 is 1.29 bits per heavy atom. The molecule has 7 heterocycles. The van der Waals surface area contributed by atoms with E-state index in [0.29, 0.717) is 11.2 Å². The second-order valence-electron chi connectivity index (χ2n) is 9.60. The maximum atomic E-state index is 12.2. The highest BCUT2D eigenvalue weighted by atomic mass is 32.5. The van der Waals surface area contributed by atoms with E-state index in [4.69, 9.17) is 46.8 Å². The van der Waals surface area contributed by atoms with Gasteiger partial charge in [-0.15, -0.1) is 16.9 Å². The second-order valence-corrected chi connectivity index (χ2v) is 13.8. The van der Waals surface area contributed by atoms with Gasteiger partial charge in [-0.3, -0.25) is 14.3 Å². The number of hydrogen-bond donors (Lipinski definition) is 6. The fourth-order valence-electron chi connectivity index (χ4n) is 5.01. The number of ether oxygens (including phenoxy) is 1. The van der Waals surface area contributed by atoms with Crippen LogP contribution in [0.1, 0.15) is 18.0 Å². The minimum absolute atomic E-state index is 0.0514. The van der Waals surface area contributed by atoms with E-state index >= 15 is 0 Å². The summed E-state index contributed by atoms with van der Waals surface area (Å²) < 4.78 is 20.3. The number of nitrogens with zero attached hydrogens (tertiary/aromatic N) is 8. The summed E-state index contributed by atoms with van der Waals surface area (Å²) in [7, 11) is 0. The van der Waals surface area contributed by atoms with Crippen LogP contribution in [0.2, 0.25) is 0 Å². The monoisotopic (exact) mass is 643 g/mol. The van der Waals surface area contributed by atoms with Crippen molar-refractivity contribution in [2.45, 2.75) is 47.4 Å². The largest absolute Gasteiger partial charge is 0.395 e. The van der Waals surface area contributed by atoms with Gasteiger partial charge in [-0.05, 0) is 18.2 Å². The highest BCUT2D eigenvalue weighted by molar-refractivity contribution is 8.07. The molecule has 3 saturated heterocycles. The van der Waals surface area contributed by atoms with Crippen LogP contribution in [0.4, 0.5) is 11.8 Å². The van der Waals surface area contributed by atoms with Gasteiger partial charge >= 0.3 is 6.72 Å². The predicted octanol–water partition coefficient (Wildman–Crippen LogP) is -1.95. The van der Waals surface area contributed by atoms with E-state index in [1.54, 1.807) is 0 Å². The number of nitrogens with one attached hydrogen (secondary N) is 1. The summed E-state index contributed by atoms with van der Waals surface area (Å²) in [5.41, 5.74) is 11.7. The molecule has 1 unspecified atom stereocenters. The lowest BCUT2D eigenvalue weighted by atomic mass is 10.1. The molecule has 7 rings (SSSR count). The standard InChI is InChI=1S/C19H22N11O9PS2/c20-12-8-13(23-4-22-12)29(5-24-8)16-10-11(32)19(36-16,39-37-10)3-35-40(34,41)38-7-1-6(2-31)42-17(7)30-14-9(27-28-30)15(33)26-18(21)25-14/h4-7,10-11,16-17,31-32H,1-3H2,(H,34,41)(H2,20,22,23)(H3,21,25,26,33)/t6-,7+,10+,11-,16+,17+,19-,40?/m0/s1. The summed E-state index contributed by atoms with van der Waals surface area (Å²) in [4.78, 5) is 52.6. The predicted molar refractivity (Wildman–Crippen MR) is 144 cm³/mol. The Kier molecular flexibility index (Phi) is 6.71. The van der Waals surface area contributed by atoms with E-state index in [1.165, 1.54) is 33.7 Å². The Morgan fingerprint density at radius 2 is 2.12 bits per heavy atom. The van der Waals surface area contributed by atoms with E-state index in [9.17, 15) is 19.9 Å². The van der Waals surface area contributed by atoms with E-state index < -0.39 is 54.6 Å². The zero-order valence-corrected chi connectivity index (χ0v) is 23.6. The van der Waals surface area contributed by atoms with Crippen molar-refractivity contribution in [2.24, 2.45) is 0 Å². The first-order valence-corrected chi connectivity index (χ1v) is 15.8. The molecule has 3 fully saturated rings. The first kappa shape index (κ1) is 27.9. The molecular formula is C19H22N11O9PS2. The topological polar surface area (TPSA) is 279 Å². The second kappa shape index (κ2) is 10.1. The van der Waals surface area contributed by atoms with Crippen LogP contribution in [-0.2, 0) is 35.4 Å². The van der Waals surface area contributed by atoms with Crippen molar-refractivity contribution in [3.63, 3.8) is 0 Å². The van der Waals surface area contributed by atoms with Crippen molar-refractivity contribution in [3.05, 3.63) is 23.0 Å². The van der Waals surface area contributed by atoms with Gasteiger partial charge < -0.3 is 40.4 Å².